The van der Waals surface area contributed by atoms with Crippen LogP contribution in [0.4, 0.5) is 0 Å². The molecule has 1 N–H and O–H groups in total. The molecule has 102 valence electrons. The highest BCUT2D eigenvalue weighted by Crippen LogP contribution is 2.43. The smallest absolute Gasteiger partial charge is 0.309 e. The second-order valence-corrected chi connectivity index (χ2v) is 5.34. The van der Waals surface area contributed by atoms with Gasteiger partial charge in [-0.3, -0.25) is 14.3 Å². The van der Waals surface area contributed by atoms with E-state index >= 15 is 0 Å². The average Bonchev–Trinajstić information content (AvgIpc) is 3.10. The van der Waals surface area contributed by atoms with Crippen LogP contribution in [-0.2, 0) is 16.6 Å². The predicted octanol–water partition coefficient (Wildman–Crippen LogP) is 0.947. The van der Waals surface area contributed by atoms with Gasteiger partial charge in [0, 0.05) is 25.7 Å². The van der Waals surface area contributed by atoms with Crippen LogP contribution in [0.15, 0.2) is 12.3 Å². The highest BCUT2D eigenvalue weighted by Gasteiger charge is 2.47. The van der Waals surface area contributed by atoms with Gasteiger partial charge in [0.05, 0.1) is 17.7 Å². The molecule has 19 heavy (non-hydrogen) atoms. The zero-order valence-electron chi connectivity index (χ0n) is 10.8. The van der Waals surface area contributed by atoms with Crippen LogP contribution < -0.4 is 0 Å². The highest BCUT2D eigenvalue weighted by molar-refractivity contribution is 5.82. The molecule has 1 amide bonds. The van der Waals surface area contributed by atoms with Gasteiger partial charge in [0.1, 0.15) is 0 Å². The molecular weight excluding hydrogens is 246 g/mol. The number of aromatic nitrogens is 2. The maximum Gasteiger partial charge on any atom is 0.309 e. The Morgan fingerprint density at radius 1 is 1.42 bits per heavy atom. The number of carboxylic acid groups (broad SMARTS) is 1. The van der Waals surface area contributed by atoms with E-state index in [9.17, 15) is 14.7 Å². The number of amides is 1. The number of piperidine rings is 1. The van der Waals surface area contributed by atoms with Gasteiger partial charge in [0.2, 0.25) is 5.91 Å². The lowest BCUT2D eigenvalue weighted by atomic mass is 9.86. The summed E-state index contributed by atoms with van der Waals surface area (Å²) in [5.74, 6) is -1.29. The fourth-order valence-corrected chi connectivity index (χ4v) is 2.98. The first-order chi connectivity index (χ1) is 9.09. The molecule has 6 heteroatoms. The third-order valence-corrected chi connectivity index (χ3v) is 4.06. The van der Waals surface area contributed by atoms with E-state index in [0.29, 0.717) is 12.8 Å². The molecule has 0 unspecified atom stereocenters. The minimum Gasteiger partial charge on any atom is -0.481 e. The van der Waals surface area contributed by atoms with E-state index in [1.807, 2.05) is 6.07 Å². The van der Waals surface area contributed by atoms with Crippen LogP contribution in [0, 0.1) is 5.92 Å². The Morgan fingerprint density at radius 3 is 2.68 bits per heavy atom. The minimum atomic E-state index is -0.829. The van der Waals surface area contributed by atoms with Crippen molar-refractivity contribution in [1.82, 2.24) is 14.7 Å². The molecule has 0 radical (unpaired) electrons. The molecule has 0 spiro atoms. The Morgan fingerprint density at radius 2 is 2.16 bits per heavy atom. The lowest BCUT2D eigenvalue weighted by Crippen LogP contribution is -2.47. The van der Waals surface area contributed by atoms with Gasteiger partial charge < -0.3 is 10.0 Å². The first-order valence-corrected chi connectivity index (χ1v) is 6.61. The van der Waals surface area contributed by atoms with Crippen molar-refractivity contribution in [3.63, 3.8) is 0 Å². The number of rotatable bonds is 3. The Bertz CT molecular complexity index is 521. The Labute approximate surface area is 111 Å². The first-order valence-electron chi connectivity index (χ1n) is 6.61. The van der Waals surface area contributed by atoms with Crippen molar-refractivity contribution in [1.29, 1.82) is 0 Å². The lowest BCUT2D eigenvalue weighted by molar-refractivity contribution is -0.152. The molecule has 1 aliphatic carbocycles. The lowest BCUT2D eigenvalue weighted by Gasteiger charge is -2.39. The van der Waals surface area contributed by atoms with Crippen LogP contribution in [0.1, 0.15) is 37.4 Å². The number of carbonyl (C=O) groups excluding carboxylic acids is 1. The Hall–Kier alpha value is -1.85. The SMILES string of the molecule is Cn1nccc1[C@@H]1[C@@H](C(=O)O)CCC(=O)N1C1CC1. The third kappa shape index (κ3) is 2.01. The summed E-state index contributed by atoms with van der Waals surface area (Å²) in [5.41, 5.74) is 0.812. The van der Waals surface area contributed by atoms with E-state index < -0.39 is 11.9 Å². The van der Waals surface area contributed by atoms with E-state index in [2.05, 4.69) is 5.10 Å². The number of hydrogen-bond donors (Lipinski definition) is 1. The number of aryl methyl sites for hydroxylation is 1. The van der Waals surface area contributed by atoms with Gasteiger partial charge in [-0.05, 0) is 25.3 Å². The number of likely N-dealkylation sites (tertiary alicyclic amines) is 1. The number of carboxylic acids is 1. The fraction of sp³-hybridized carbons (Fsp3) is 0.615. The van der Waals surface area contributed by atoms with E-state index in [-0.39, 0.29) is 18.0 Å². The minimum absolute atomic E-state index is 0.0752. The van der Waals surface area contributed by atoms with Crippen LogP contribution >= 0.6 is 0 Å². The number of hydrogen-bond acceptors (Lipinski definition) is 3. The molecule has 1 aromatic heterocycles. The second kappa shape index (κ2) is 4.36. The summed E-state index contributed by atoms with van der Waals surface area (Å²) in [6, 6.07) is 1.66. The molecule has 0 aromatic carbocycles. The number of aliphatic carboxylic acids is 1. The quantitative estimate of drug-likeness (QED) is 0.880. The number of nitrogens with zero attached hydrogens (tertiary/aromatic N) is 3. The molecule has 1 aliphatic heterocycles. The van der Waals surface area contributed by atoms with E-state index in [0.717, 1.165) is 18.5 Å². The van der Waals surface area contributed by atoms with Gasteiger partial charge >= 0.3 is 5.97 Å². The number of carbonyl (C=O) groups is 2. The highest BCUT2D eigenvalue weighted by atomic mass is 16.4. The van der Waals surface area contributed by atoms with Crippen molar-refractivity contribution < 1.29 is 14.7 Å². The van der Waals surface area contributed by atoms with Crippen molar-refractivity contribution in [3.05, 3.63) is 18.0 Å². The summed E-state index contributed by atoms with van der Waals surface area (Å²) in [5, 5.41) is 13.5. The zero-order chi connectivity index (χ0) is 13.6. The average molecular weight is 263 g/mol. The summed E-state index contributed by atoms with van der Waals surface area (Å²) in [7, 11) is 1.79. The molecule has 0 bridgehead atoms. The van der Waals surface area contributed by atoms with E-state index in [1.165, 1.54) is 0 Å². The largest absolute Gasteiger partial charge is 0.481 e. The molecule has 1 aromatic rings. The van der Waals surface area contributed by atoms with Gasteiger partial charge in [-0.15, -0.1) is 0 Å². The summed E-state index contributed by atoms with van der Waals surface area (Å²) in [6.45, 7) is 0. The van der Waals surface area contributed by atoms with Crippen molar-refractivity contribution in [2.24, 2.45) is 13.0 Å². The normalized spacial score (nSPS) is 27.6. The van der Waals surface area contributed by atoms with E-state index in [4.69, 9.17) is 0 Å². The maximum absolute atomic E-state index is 12.2. The summed E-state index contributed by atoms with van der Waals surface area (Å²) >= 11 is 0. The third-order valence-electron chi connectivity index (χ3n) is 4.06. The van der Waals surface area contributed by atoms with Gasteiger partial charge in [0.15, 0.2) is 0 Å². The van der Waals surface area contributed by atoms with Crippen molar-refractivity contribution >= 4 is 11.9 Å². The molecule has 6 nitrogen and oxygen atoms in total. The summed E-state index contributed by atoms with van der Waals surface area (Å²) in [4.78, 5) is 25.5. The van der Waals surface area contributed by atoms with Gasteiger partial charge in [0.25, 0.3) is 0 Å². The molecule has 2 aliphatic rings. The van der Waals surface area contributed by atoms with Crippen LogP contribution in [0.25, 0.3) is 0 Å². The van der Waals surface area contributed by atoms with Crippen LogP contribution in [0.2, 0.25) is 0 Å². The van der Waals surface area contributed by atoms with Crippen molar-refractivity contribution in [2.45, 2.75) is 37.8 Å². The van der Waals surface area contributed by atoms with Crippen LogP contribution in [0.3, 0.4) is 0 Å². The van der Waals surface area contributed by atoms with Crippen molar-refractivity contribution in [3.8, 4) is 0 Å². The molecule has 2 heterocycles. The predicted molar refractivity (Wildman–Crippen MR) is 66.2 cm³/mol. The monoisotopic (exact) mass is 263 g/mol. The topological polar surface area (TPSA) is 75.4 Å². The first kappa shape index (κ1) is 12.2. The fourth-order valence-electron chi connectivity index (χ4n) is 2.98. The second-order valence-electron chi connectivity index (χ2n) is 5.34. The molecule has 1 saturated heterocycles. The van der Waals surface area contributed by atoms with Gasteiger partial charge in [-0.25, -0.2) is 0 Å². The summed E-state index contributed by atoms with van der Waals surface area (Å²) in [6.07, 6.45) is 4.35. The van der Waals surface area contributed by atoms with E-state index in [1.54, 1.807) is 22.8 Å². The molecule has 1 saturated carbocycles. The standard InChI is InChI=1S/C13H17N3O3/c1-15-10(6-7-14-15)12-9(13(18)19)4-5-11(17)16(12)8-2-3-8/h6-9,12H,2-5H2,1H3,(H,18,19)/t9-,12-/m0/s1. The maximum atomic E-state index is 12.2. The van der Waals surface area contributed by atoms with Gasteiger partial charge in [-0.2, -0.15) is 5.10 Å². The molecule has 2 atom stereocenters. The van der Waals surface area contributed by atoms with Crippen LogP contribution in [-0.4, -0.2) is 37.7 Å². The molecule has 3 rings (SSSR count). The van der Waals surface area contributed by atoms with Crippen LogP contribution in [0.5, 0.6) is 0 Å². The Balaban J connectivity index is 2.02. The molecule has 2 fully saturated rings. The summed E-state index contributed by atoms with van der Waals surface area (Å²) < 4.78 is 1.68. The van der Waals surface area contributed by atoms with Crippen molar-refractivity contribution in [2.75, 3.05) is 0 Å². The van der Waals surface area contributed by atoms with Gasteiger partial charge in [-0.1, -0.05) is 0 Å². The Kier molecular flexibility index (Phi) is 2.80. The molecular formula is C13H17N3O3. The zero-order valence-corrected chi connectivity index (χ0v) is 10.8.